The van der Waals surface area contributed by atoms with E-state index in [2.05, 4.69) is 52.8 Å². The zero-order valence-electron chi connectivity index (χ0n) is 11.2. The Hall–Kier alpha value is -0.980. The second-order valence-corrected chi connectivity index (χ2v) is 5.72. The van der Waals surface area contributed by atoms with Gasteiger partial charge in [-0.15, -0.1) is 0 Å². The van der Waals surface area contributed by atoms with Gasteiger partial charge in [0.05, 0.1) is 6.10 Å². The molecule has 0 aliphatic heterocycles. The van der Waals surface area contributed by atoms with Crippen molar-refractivity contribution in [3.05, 3.63) is 29.8 Å². The van der Waals surface area contributed by atoms with Crippen LogP contribution in [0.2, 0.25) is 0 Å². The van der Waals surface area contributed by atoms with Crippen LogP contribution in [0, 0.1) is 5.41 Å². The molecule has 0 spiro atoms. The highest BCUT2D eigenvalue weighted by Crippen LogP contribution is 2.23. The lowest BCUT2D eigenvalue weighted by molar-refractivity contribution is 0.217. The van der Waals surface area contributed by atoms with E-state index in [0.29, 0.717) is 11.5 Å². The third kappa shape index (κ3) is 4.69. The molecule has 1 atom stereocenters. The SMILES string of the molecule is CC[C@@H](C)Oc1cccc(CC(C)(C)C)c1. The van der Waals surface area contributed by atoms with E-state index < -0.39 is 0 Å². The van der Waals surface area contributed by atoms with Gasteiger partial charge in [0.2, 0.25) is 0 Å². The molecule has 1 aromatic rings. The van der Waals surface area contributed by atoms with Crippen LogP contribution < -0.4 is 4.74 Å². The van der Waals surface area contributed by atoms with Crippen molar-refractivity contribution in [3.8, 4) is 5.75 Å². The summed E-state index contributed by atoms with van der Waals surface area (Å²) in [5.74, 6) is 0.996. The van der Waals surface area contributed by atoms with Gasteiger partial charge in [0.15, 0.2) is 0 Å². The third-order valence-electron chi connectivity index (χ3n) is 2.55. The minimum Gasteiger partial charge on any atom is -0.491 e. The van der Waals surface area contributed by atoms with E-state index in [1.165, 1.54) is 5.56 Å². The molecule has 1 nitrogen and oxygen atoms in total. The van der Waals surface area contributed by atoms with Gasteiger partial charge in [-0.3, -0.25) is 0 Å². The summed E-state index contributed by atoms with van der Waals surface area (Å²) in [6.07, 6.45) is 2.43. The minimum absolute atomic E-state index is 0.296. The molecule has 0 aromatic heterocycles. The Morgan fingerprint density at radius 3 is 2.50 bits per heavy atom. The van der Waals surface area contributed by atoms with E-state index in [0.717, 1.165) is 18.6 Å². The van der Waals surface area contributed by atoms with Crippen LogP contribution in [0.25, 0.3) is 0 Å². The van der Waals surface area contributed by atoms with Crippen molar-refractivity contribution in [2.45, 2.75) is 53.6 Å². The molecule has 0 amide bonds. The second kappa shape index (κ2) is 5.38. The Kier molecular flexibility index (Phi) is 4.40. The van der Waals surface area contributed by atoms with Crippen molar-refractivity contribution in [1.29, 1.82) is 0 Å². The van der Waals surface area contributed by atoms with Gasteiger partial charge in [-0.1, -0.05) is 39.8 Å². The topological polar surface area (TPSA) is 9.23 Å². The van der Waals surface area contributed by atoms with Gasteiger partial charge in [0, 0.05) is 0 Å². The largest absolute Gasteiger partial charge is 0.491 e. The predicted octanol–water partition coefficient (Wildman–Crippen LogP) is 4.45. The summed E-state index contributed by atoms with van der Waals surface area (Å²) in [6.45, 7) is 11.0. The first-order valence-corrected chi connectivity index (χ1v) is 6.16. The van der Waals surface area contributed by atoms with E-state index in [4.69, 9.17) is 4.74 Å². The molecule has 1 aromatic carbocycles. The van der Waals surface area contributed by atoms with Crippen molar-refractivity contribution in [1.82, 2.24) is 0 Å². The zero-order chi connectivity index (χ0) is 12.2. The van der Waals surface area contributed by atoms with Crippen LogP contribution in [0.5, 0.6) is 5.75 Å². The molecular weight excluding hydrogens is 196 g/mol. The van der Waals surface area contributed by atoms with E-state index in [-0.39, 0.29) is 0 Å². The third-order valence-corrected chi connectivity index (χ3v) is 2.55. The highest BCUT2D eigenvalue weighted by atomic mass is 16.5. The number of ether oxygens (including phenoxy) is 1. The Labute approximate surface area is 99.8 Å². The van der Waals surface area contributed by atoms with Crippen molar-refractivity contribution in [3.63, 3.8) is 0 Å². The van der Waals surface area contributed by atoms with E-state index in [1.54, 1.807) is 0 Å². The molecule has 16 heavy (non-hydrogen) atoms. The second-order valence-electron chi connectivity index (χ2n) is 5.72. The quantitative estimate of drug-likeness (QED) is 0.728. The molecule has 0 heterocycles. The van der Waals surface area contributed by atoms with Crippen molar-refractivity contribution in [2.75, 3.05) is 0 Å². The predicted molar refractivity (Wildman–Crippen MR) is 70.0 cm³/mol. The summed E-state index contributed by atoms with van der Waals surface area (Å²) < 4.78 is 5.82. The first kappa shape index (κ1) is 13.1. The van der Waals surface area contributed by atoms with Crippen molar-refractivity contribution >= 4 is 0 Å². The molecule has 0 saturated carbocycles. The van der Waals surface area contributed by atoms with Gasteiger partial charge in [-0.05, 0) is 42.9 Å². The molecule has 0 fully saturated rings. The van der Waals surface area contributed by atoms with Crippen molar-refractivity contribution < 1.29 is 4.74 Å². The normalized spacial score (nSPS) is 13.6. The fraction of sp³-hybridized carbons (Fsp3) is 0.600. The number of benzene rings is 1. The summed E-state index contributed by atoms with van der Waals surface area (Å²) in [4.78, 5) is 0. The van der Waals surface area contributed by atoms with Gasteiger partial charge in [0.25, 0.3) is 0 Å². The van der Waals surface area contributed by atoms with E-state index in [1.807, 2.05) is 6.07 Å². The first-order chi connectivity index (χ1) is 7.40. The van der Waals surface area contributed by atoms with Crippen LogP contribution >= 0.6 is 0 Å². The van der Waals surface area contributed by atoms with Crippen LogP contribution in [-0.2, 0) is 6.42 Å². The number of rotatable bonds is 4. The maximum absolute atomic E-state index is 5.82. The lowest BCUT2D eigenvalue weighted by Gasteiger charge is -2.19. The van der Waals surface area contributed by atoms with Gasteiger partial charge >= 0.3 is 0 Å². The smallest absolute Gasteiger partial charge is 0.119 e. The van der Waals surface area contributed by atoms with Crippen LogP contribution in [0.3, 0.4) is 0 Å². The molecule has 0 aliphatic carbocycles. The monoisotopic (exact) mass is 220 g/mol. The molecule has 90 valence electrons. The summed E-state index contributed by atoms with van der Waals surface area (Å²) in [5.41, 5.74) is 1.68. The Morgan fingerprint density at radius 2 is 1.94 bits per heavy atom. The molecule has 0 bridgehead atoms. The molecule has 1 heteroatoms. The van der Waals surface area contributed by atoms with Gasteiger partial charge in [-0.2, -0.15) is 0 Å². The zero-order valence-corrected chi connectivity index (χ0v) is 11.2. The van der Waals surface area contributed by atoms with Crippen LogP contribution in [0.1, 0.15) is 46.6 Å². The Bertz CT molecular complexity index is 322. The first-order valence-electron chi connectivity index (χ1n) is 6.16. The van der Waals surface area contributed by atoms with Crippen LogP contribution in [0.15, 0.2) is 24.3 Å². The molecule has 0 aliphatic rings. The number of hydrogen-bond acceptors (Lipinski definition) is 1. The fourth-order valence-corrected chi connectivity index (χ4v) is 1.66. The van der Waals surface area contributed by atoms with Crippen molar-refractivity contribution in [2.24, 2.45) is 5.41 Å². The van der Waals surface area contributed by atoms with Crippen LogP contribution in [-0.4, -0.2) is 6.10 Å². The maximum Gasteiger partial charge on any atom is 0.119 e. The molecule has 0 radical (unpaired) electrons. The summed E-state index contributed by atoms with van der Waals surface area (Å²) in [6, 6.07) is 8.46. The van der Waals surface area contributed by atoms with E-state index >= 15 is 0 Å². The summed E-state index contributed by atoms with van der Waals surface area (Å²) >= 11 is 0. The standard InChI is InChI=1S/C15H24O/c1-6-12(2)16-14-9-7-8-13(10-14)11-15(3,4)5/h7-10,12H,6,11H2,1-5H3/t12-/m1/s1. The Morgan fingerprint density at radius 1 is 1.25 bits per heavy atom. The average molecular weight is 220 g/mol. The highest BCUT2D eigenvalue weighted by Gasteiger charge is 2.11. The fourth-order valence-electron chi connectivity index (χ4n) is 1.66. The van der Waals surface area contributed by atoms with Crippen LogP contribution in [0.4, 0.5) is 0 Å². The molecule has 0 N–H and O–H groups in total. The van der Waals surface area contributed by atoms with Gasteiger partial charge in [0.1, 0.15) is 5.75 Å². The van der Waals surface area contributed by atoms with Gasteiger partial charge < -0.3 is 4.74 Å². The minimum atomic E-state index is 0.296. The van der Waals surface area contributed by atoms with Gasteiger partial charge in [-0.25, -0.2) is 0 Å². The van der Waals surface area contributed by atoms with E-state index in [9.17, 15) is 0 Å². The molecule has 1 rings (SSSR count). The highest BCUT2D eigenvalue weighted by molar-refractivity contribution is 5.29. The lowest BCUT2D eigenvalue weighted by Crippen LogP contribution is -2.11. The molecule has 0 saturated heterocycles. The molecule has 0 unspecified atom stereocenters. The lowest BCUT2D eigenvalue weighted by atomic mass is 9.88. The molecular formula is C15H24O. The average Bonchev–Trinajstić information content (AvgIpc) is 2.15. The Balaban J connectivity index is 2.71. The number of hydrogen-bond donors (Lipinski definition) is 0. The summed E-state index contributed by atoms with van der Waals surface area (Å²) in [7, 11) is 0. The maximum atomic E-state index is 5.82. The summed E-state index contributed by atoms with van der Waals surface area (Å²) in [5, 5.41) is 0.